The van der Waals surface area contributed by atoms with E-state index in [1.807, 2.05) is 0 Å². The Morgan fingerprint density at radius 3 is 2.53 bits per heavy atom. The summed E-state index contributed by atoms with van der Waals surface area (Å²) in [6.45, 7) is 0. The number of halogens is 2. The summed E-state index contributed by atoms with van der Waals surface area (Å²) in [7, 11) is 0. The highest BCUT2D eigenvalue weighted by Crippen LogP contribution is 2.27. The SMILES string of the molecule is O=Cc1snnc1-c1c(F)cccc1F. The lowest BCUT2D eigenvalue weighted by Crippen LogP contribution is -1.92. The van der Waals surface area contributed by atoms with Gasteiger partial charge < -0.3 is 0 Å². The number of rotatable bonds is 2. The quantitative estimate of drug-likeness (QED) is 0.738. The Labute approximate surface area is 87.5 Å². The second-order valence-electron chi connectivity index (χ2n) is 2.70. The highest BCUT2D eigenvalue weighted by molar-refractivity contribution is 7.07. The van der Waals surface area contributed by atoms with Crippen molar-refractivity contribution in [2.75, 3.05) is 0 Å². The van der Waals surface area contributed by atoms with Gasteiger partial charge >= 0.3 is 0 Å². The van der Waals surface area contributed by atoms with Gasteiger partial charge in [0, 0.05) is 0 Å². The minimum atomic E-state index is -0.759. The molecule has 0 aliphatic heterocycles. The molecule has 76 valence electrons. The van der Waals surface area contributed by atoms with Crippen LogP contribution < -0.4 is 0 Å². The summed E-state index contributed by atoms with van der Waals surface area (Å²) >= 11 is 0.799. The lowest BCUT2D eigenvalue weighted by molar-refractivity contribution is 0.112. The van der Waals surface area contributed by atoms with Gasteiger partial charge in [-0.25, -0.2) is 8.78 Å². The number of aromatic nitrogens is 2. The van der Waals surface area contributed by atoms with Crippen LogP contribution in [0.15, 0.2) is 18.2 Å². The number of hydrogen-bond acceptors (Lipinski definition) is 4. The third-order valence-electron chi connectivity index (χ3n) is 1.82. The first-order valence-corrected chi connectivity index (χ1v) is 4.73. The van der Waals surface area contributed by atoms with Gasteiger partial charge in [-0.15, -0.1) is 5.10 Å². The Balaban J connectivity index is 2.68. The van der Waals surface area contributed by atoms with Crippen molar-refractivity contribution >= 4 is 17.8 Å². The van der Waals surface area contributed by atoms with E-state index in [1.165, 1.54) is 6.07 Å². The molecule has 0 bridgehead atoms. The van der Waals surface area contributed by atoms with E-state index in [2.05, 4.69) is 9.59 Å². The summed E-state index contributed by atoms with van der Waals surface area (Å²) in [5.41, 5.74) is -0.362. The summed E-state index contributed by atoms with van der Waals surface area (Å²) in [5, 5.41) is 3.54. The average molecular weight is 226 g/mol. The van der Waals surface area contributed by atoms with Crippen molar-refractivity contribution in [1.82, 2.24) is 9.59 Å². The maximum absolute atomic E-state index is 13.3. The minimum absolute atomic E-state index is 0.0504. The van der Waals surface area contributed by atoms with Gasteiger partial charge in [-0.2, -0.15) is 0 Å². The van der Waals surface area contributed by atoms with Crippen molar-refractivity contribution in [1.29, 1.82) is 0 Å². The molecular formula is C9H4F2N2OS. The zero-order valence-corrected chi connectivity index (χ0v) is 8.09. The second kappa shape index (κ2) is 3.82. The van der Waals surface area contributed by atoms with Gasteiger partial charge in [0.15, 0.2) is 6.29 Å². The van der Waals surface area contributed by atoms with Gasteiger partial charge in [0.1, 0.15) is 22.2 Å². The molecule has 1 heterocycles. The lowest BCUT2D eigenvalue weighted by atomic mass is 10.1. The van der Waals surface area contributed by atoms with E-state index in [0.717, 1.165) is 23.7 Å². The van der Waals surface area contributed by atoms with Crippen LogP contribution in [-0.2, 0) is 0 Å². The number of aldehydes is 1. The van der Waals surface area contributed by atoms with Crippen LogP contribution in [0.4, 0.5) is 8.78 Å². The first-order valence-electron chi connectivity index (χ1n) is 3.96. The molecule has 0 atom stereocenters. The third-order valence-corrected chi connectivity index (χ3v) is 2.47. The van der Waals surface area contributed by atoms with Crippen molar-refractivity contribution in [3.63, 3.8) is 0 Å². The molecule has 0 N–H and O–H groups in total. The number of hydrogen-bond donors (Lipinski definition) is 0. The Morgan fingerprint density at radius 2 is 1.93 bits per heavy atom. The van der Waals surface area contributed by atoms with Crippen LogP contribution in [-0.4, -0.2) is 15.9 Å². The average Bonchev–Trinajstić information content (AvgIpc) is 2.65. The molecule has 0 saturated heterocycles. The van der Waals surface area contributed by atoms with E-state index in [1.54, 1.807) is 0 Å². The third kappa shape index (κ3) is 1.63. The fourth-order valence-electron chi connectivity index (χ4n) is 1.17. The summed E-state index contributed by atoms with van der Waals surface area (Å²) in [6, 6.07) is 3.45. The smallest absolute Gasteiger partial charge is 0.163 e. The maximum atomic E-state index is 13.3. The molecule has 1 aromatic carbocycles. The van der Waals surface area contributed by atoms with Crippen LogP contribution in [0.25, 0.3) is 11.3 Å². The van der Waals surface area contributed by atoms with E-state index in [9.17, 15) is 13.6 Å². The van der Waals surface area contributed by atoms with Gasteiger partial charge in [-0.1, -0.05) is 10.6 Å². The van der Waals surface area contributed by atoms with Crippen molar-refractivity contribution < 1.29 is 13.6 Å². The predicted molar refractivity (Wildman–Crippen MR) is 50.6 cm³/mol. The van der Waals surface area contributed by atoms with Gasteiger partial charge in [0.05, 0.1) is 5.56 Å². The fraction of sp³-hybridized carbons (Fsp3) is 0. The van der Waals surface area contributed by atoms with E-state index < -0.39 is 11.6 Å². The summed E-state index contributed by atoms with van der Waals surface area (Å²) in [4.78, 5) is 10.7. The Morgan fingerprint density at radius 1 is 1.27 bits per heavy atom. The number of carbonyl (C=O) groups excluding carboxylic acids is 1. The topological polar surface area (TPSA) is 42.9 Å². The number of nitrogens with zero attached hydrogens (tertiary/aromatic N) is 2. The Kier molecular flexibility index (Phi) is 2.51. The number of carbonyl (C=O) groups is 1. The lowest BCUT2D eigenvalue weighted by Gasteiger charge is -2.00. The molecule has 0 saturated carbocycles. The molecule has 0 amide bonds. The van der Waals surface area contributed by atoms with Crippen LogP contribution in [0.3, 0.4) is 0 Å². The maximum Gasteiger partial charge on any atom is 0.163 e. The molecule has 0 aliphatic carbocycles. The van der Waals surface area contributed by atoms with E-state index >= 15 is 0 Å². The summed E-state index contributed by atoms with van der Waals surface area (Å²) < 4.78 is 30.1. The van der Waals surface area contributed by atoms with Crippen molar-refractivity contribution in [3.05, 3.63) is 34.7 Å². The molecule has 0 aliphatic rings. The van der Waals surface area contributed by atoms with E-state index in [4.69, 9.17) is 0 Å². The molecule has 2 rings (SSSR count). The second-order valence-corrected chi connectivity index (χ2v) is 3.49. The minimum Gasteiger partial charge on any atom is -0.297 e. The zero-order valence-electron chi connectivity index (χ0n) is 7.28. The largest absolute Gasteiger partial charge is 0.297 e. The Bertz CT molecular complexity index is 492. The number of benzene rings is 1. The molecule has 2 aromatic rings. The molecule has 0 fully saturated rings. The van der Waals surface area contributed by atoms with Crippen LogP contribution in [0.2, 0.25) is 0 Å². The highest BCUT2D eigenvalue weighted by Gasteiger charge is 2.17. The highest BCUT2D eigenvalue weighted by atomic mass is 32.1. The molecule has 1 aromatic heterocycles. The van der Waals surface area contributed by atoms with E-state index in [-0.39, 0.29) is 16.1 Å². The van der Waals surface area contributed by atoms with Gasteiger partial charge in [-0.3, -0.25) is 4.79 Å². The van der Waals surface area contributed by atoms with Gasteiger partial charge in [0.2, 0.25) is 0 Å². The molecule has 0 spiro atoms. The van der Waals surface area contributed by atoms with Gasteiger partial charge in [-0.05, 0) is 23.7 Å². The van der Waals surface area contributed by atoms with Crippen molar-refractivity contribution in [3.8, 4) is 11.3 Å². The fourth-order valence-corrected chi connectivity index (χ4v) is 1.66. The molecular weight excluding hydrogens is 222 g/mol. The van der Waals surface area contributed by atoms with Gasteiger partial charge in [0.25, 0.3) is 0 Å². The first kappa shape index (κ1) is 9.85. The predicted octanol–water partition coefficient (Wildman–Crippen LogP) is 2.30. The Hall–Kier alpha value is -1.69. The van der Waals surface area contributed by atoms with Crippen LogP contribution in [0.1, 0.15) is 9.67 Å². The molecule has 3 nitrogen and oxygen atoms in total. The van der Waals surface area contributed by atoms with Crippen LogP contribution in [0, 0.1) is 11.6 Å². The zero-order chi connectivity index (χ0) is 10.8. The van der Waals surface area contributed by atoms with Crippen LogP contribution in [0.5, 0.6) is 0 Å². The molecule has 15 heavy (non-hydrogen) atoms. The molecule has 0 radical (unpaired) electrons. The van der Waals surface area contributed by atoms with Crippen LogP contribution >= 0.6 is 11.5 Å². The van der Waals surface area contributed by atoms with Crippen molar-refractivity contribution in [2.24, 2.45) is 0 Å². The molecule has 6 heteroatoms. The first-order chi connectivity index (χ1) is 7.24. The van der Waals surface area contributed by atoms with Crippen molar-refractivity contribution in [2.45, 2.75) is 0 Å². The normalized spacial score (nSPS) is 10.3. The molecule has 0 unspecified atom stereocenters. The standard InChI is InChI=1S/C9H4F2N2OS/c10-5-2-1-3-6(11)8(5)9-7(4-14)15-13-12-9/h1-4H. The summed E-state index contributed by atoms with van der Waals surface area (Å²) in [5.74, 6) is -1.52. The summed E-state index contributed by atoms with van der Waals surface area (Å²) in [6.07, 6.45) is 0.478. The monoisotopic (exact) mass is 226 g/mol. The van der Waals surface area contributed by atoms with E-state index in [0.29, 0.717) is 6.29 Å².